The second-order valence-electron chi connectivity index (χ2n) is 4.91. The maximum atomic E-state index is 11.7. The molecule has 0 radical (unpaired) electrons. The van der Waals surface area contributed by atoms with Gasteiger partial charge in [-0.2, -0.15) is 0 Å². The highest BCUT2D eigenvalue weighted by Crippen LogP contribution is 2.27. The van der Waals surface area contributed by atoms with Gasteiger partial charge in [0.1, 0.15) is 5.65 Å². The average molecular weight is 308 g/mol. The van der Waals surface area contributed by atoms with Crippen molar-refractivity contribution in [2.75, 3.05) is 0 Å². The maximum Gasteiger partial charge on any atom is 0.254 e. The summed E-state index contributed by atoms with van der Waals surface area (Å²) >= 11 is 5.71. The molecule has 4 rings (SSSR count). The highest BCUT2D eigenvalue weighted by atomic mass is 35.5. The lowest BCUT2D eigenvalue weighted by molar-refractivity contribution is 0.108. The van der Waals surface area contributed by atoms with Gasteiger partial charge in [-0.1, -0.05) is 18.2 Å². The van der Waals surface area contributed by atoms with Crippen LogP contribution in [0.25, 0.3) is 27.6 Å². The van der Waals surface area contributed by atoms with Crippen molar-refractivity contribution in [3.8, 4) is 5.69 Å². The number of hydrogen-bond acceptors (Lipinski definition) is 3. The number of para-hydroxylation sites is 1. The van der Waals surface area contributed by atoms with E-state index >= 15 is 0 Å². The maximum absolute atomic E-state index is 11.7. The Labute approximate surface area is 131 Å². The third-order valence-electron chi connectivity index (χ3n) is 3.66. The predicted molar refractivity (Wildman–Crippen MR) is 86.6 cm³/mol. The van der Waals surface area contributed by atoms with Crippen LogP contribution in [0.4, 0.5) is 0 Å². The Kier molecular flexibility index (Phi) is 2.91. The zero-order chi connectivity index (χ0) is 15.1. The van der Waals surface area contributed by atoms with Crippen LogP contribution in [0.2, 0.25) is 0 Å². The van der Waals surface area contributed by atoms with Gasteiger partial charge in [0.2, 0.25) is 0 Å². The van der Waals surface area contributed by atoms with E-state index in [-0.39, 0.29) is 0 Å². The van der Waals surface area contributed by atoms with Crippen molar-refractivity contribution in [3.05, 3.63) is 66.6 Å². The first-order valence-electron chi connectivity index (χ1n) is 6.76. The molecule has 106 valence electrons. The molecule has 4 aromatic rings. The molecule has 0 spiro atoms. The summed E-state index contributed by atoms with van der Waals surface area (Å²) in [5, 5.41) is 1.24. The van der Waals surface area contributed by atoms with Crippen LogP contribution in [-0.4, -0.2) is 19.8 Å². The van der Waals surface area contributed by atoms with E-state index in [0.717, 1.165) is 22.0 Å². The van der Waals surface area contributed by atoms with Gasteiger partial charge in [0.15, 0.2) is 0 Å². The summed E-state index contributed by atoms with van der Waals surface area (Å²) in [7, 11) is 0. The van der Waals surface area contributed by atoms with Gasteiger partial charge in [-0.25, -0.2) is 4.98 Å². The average Bonchev–Trinajstić information content (AvgIpc) is 2.94. The molecule has 0 amide bonds. The number of hydrogen-bond donors (Lipinski definition) is 0. The summed E-state index contributed by atoms with van der Waals surface area (Å²) < 4.78 is 1.88. The van der Waals surface area contributed by atoms with Crippen LogP contribution in [0.5, 0.6) is 0 Å². The molecule has 5 heteroatoms. The van der Waals surface area contributed by atoms with Gasteiger partial charge in [-0.15, -0.1) is 0 Å². The lowest BCUT2D eigenvalue weighted by Crippen LogP contribution is -1.96. The molecular formula is C17H10ClN3O. The number of pyridine rings is 2. The van der Waals surface area contributed by atoms with Gasteiger partial charge < -0.3 is 0 Å². The number of fused-ring (bicyclic) bond motifs is 2. The van der Waals surface area contributed by atoms with E-state index in [0.29, 0.717) is 11.2 Å². The van der Waals surface area contributed by atoms with Crippen molar-refractivity contribution in [1.82, 2.24) is 14.5 Å². The zero-order valence-electron chi connectivity index (χ0n) is 11.4. The van der Waals surface area contributed by atoms with E-state index in [1.807, 2.05) is 41.0 Å². The normalized spacial score (nSPS) is 11.1. The largest absolute Gasteiger partial charge is 0.300 e. The van der Waals surface area contributed by atoms with Crippen molar-refractivity contribution in [2.24, 2.45) is 0 Å². The minimum atomic E-state index is -0.491. The van der Waals surface area contributed by atoms with Crippen LogP contribution in [0.15, 0.2) is 61.1 Å². The van der Waals surface area contributed by atoms with Crippen molar-refractivity contribution < 1.29 is 4.79 Å². The summed E-state index contributed by atoms with van der Waals surface area (Å²) in [5.74, 6) is 0. The zero-order valence-corrected chi connectivity index (χ0v) is 12.2. The standard InChI is InChI=1S/C17H10ClN3O/c18-16(22)13-10-21(17-11(13)5-3-8-20-17)15-7-9-19-14-6-2-1-4-12(14)15/h1-10H. The Balaban J connectivity index is 2.11. The van der Waals surface area contributed by atoms with Crippen molar-refractivity contribution in [2.45, 2.75) is 0 Å². The molecule has 1 aromatic carbocycles. The molecule has 4 nitrogen and oxygen atoms in total. The Morgan fingerprint density at radius 1 is 0.955 bits per heavy atom. The highest BCUT2D eigenvalue weighted by Gasteiger charge is 2.16. The van der Waals surface area contributed by atoms with Crippen molar-refractivity contribution in [3.63, 3.8) is 0 Å². The molecule has 3 aromatic heterocycles. The molecule has 0 aliphatic carbocycles. The van der Waals surface area contributed by atoms with E-state index in [9.17, 15) is 4.79 Å². The molecule has 0 atom stereocenters. The van der Waals surface area contributed by atoms with Crippen LogP contribution in [0.3, 0.4) is 0 Å². The number of benzene rings is 1. The van der Waals surface area contributed by atoms with Gasteiger partial charge in [-0.3, -0.25) is 14.3 Å². The molecule has 0 aliphatic heterocycles. The minimum Gasteiger partial charge on any atom is -0.300 e. The summed E-state index contributed by atoms with van der Waals surface area (Å²) in [6.45, 7) is 0. The fraction of sp³-hybridized carbons (Fsp3) is 0. The molecule has 0 aliphatic rings. The molecular weight excluding hydrogens is 298 g/mol. The summed E-state index contributed by atoms with van der Waals surface area (Å²) in [4.78, 5) is 20.4. The quantitative estimate of drug-likeness (QED) is 0.527. The van der Waals surface area contributed by atoms with Crippen molar-refractivity contribution in [1.29, 1.82) is 0 Å². The summed E-state index contributed by atoms with van der Waals surface area (Å²) in [5.41, 5.74) is 2.95. The topological polar surface area (TPSA) is 47.8 Å². The van der Waals surface area contributed by atoms with Gasteiger partial charge in [0.25, 0.3) is 5.24 Å². The van der Waals surface area contributed by atoms with Crippen LogP contribution in [0, 0.1) is 0 Å². The van der Waals surface area contributed by atoms with Crippen LogP contribution in [-0.2, 0) is 0 Å². The number of aromatic nitrogens is 3. The monoisotopic (exact) mass is 307 g/mol. The van der Waals surface area contributed by atoms with E-state index in [1.165, 1.54) is 0 Å². The second kappa shape index (κ2) is 4.93. The SMILES string of the molecule is O=C(Cl)c1cn(-c2ccnc3ccccc23)c2ncccc12. The molecule has 0 fully saturated rings. The van der Waals surface area contributed by atoms with E-state index in [4.69, 9.17) is 11.6 Å². The van der Waals surface area contributed by atoms with Crippen LogP contribution >= 0.6 is 11.6 Å². The molecule has 22 heavy (non-hydrogen) atoms. The molecule has 0 bridgehead atoms. The highest BCUT2D eigenvalue weighted by molar-refractivity contribution is 6.68. The smallest absolute Gasteiger partial charge is 0.254 e. The number of nitrogens with zero attached hydrogens (tertiary/aromatic N) is 3. The lowest BCUT2D eigenvalue weighted by Gasteiger charge is -2.08. The van der Waals surface area contributed by atoms with Gasteiger partial charge in [-0.05, 0) is 35.9 Å². The molecule has 0 N–H and O–H groups in total. The molecule has 3 heterocycles. The number of rotatable bonds is 2. The fourth-order valence-corrected chi connectivity index (χ4v) is 2.84. The Morgan fingerprint density at radius 3 is 2.64 bits per heavy atom. The van der Waals surface area contributed by atoms with Crippen LogP contribution < -0.4 is 0 Å². The minimum absolute atomic E-state index is 0.450. The van der Waals surface area contributed by atoms with E-state index in [1.54, 1.807) is 24.7 Å². The molecule has 0 saturated carbocycles. The first kappa shape index (κ1) is 13.0. The van der Waals surface area contributed by atoms with Crippen molar-refractivity contribution >= 4 is 38.8 Å². The van der Waals surface area contributed by atoms with Crippen LogP contribution in [0.1, 0.15) is 10.4 Å². The second-order valence-corrected chi connectivity index (χ2v) is 5.25. The Morgan fingerprint density at radius 2 is 1.77 bits per heavy atom. The van der Waals surface area contributed by atoms with Gasteiger partial charge in [0, 0.05) is 29.4 Å². The lowest BCUT2D eigenvalue weighted by atomic mass is 10.2. The summed E-state index contributed by atoms with van der Waals surface area (Å²) in [6.07, 6.45) is 5.17. The van der Waals surface area contributed by atoms with Gasteiger partial charge >= 0.3 is 0 Å². The molecule has 0 saturated heterocycles. The summed E-state index contributed by atoms with van der Waals surface area (Å²) in [6, 6.07) is 13.4. The Hall–Kier alpha value is -2.72. The Bertz CT molecular complexity index is 1020. The van der Waals surface area contributed by atoms with Gasteiger partial charge in [0.05, 0.1) is 16.8 Å². The number of carbonyl (C=O) groups excluding carboxylic acids is 1. The third kappa shape index (κ3) is 1.89. The third-order valence-corrected chi connectivity index (χ3v) is 3.86. The van der Waals surface area contributed by atoms with E-state index < -0.39 is 5.24 Å². The number of halogens is 1. The number of carbonyl (C=O) groups is 1. The van der Waals surface area contributed by atoms with E-state index in [2.05, 4.69) is 9.97 Å². The first-order chi connectivity index (χ1) is 10.8. The molecule has 0 unspecified atom stereocenters. The predicted octanol–water partition coefficient (Wildman–Crippen LogP) is 3.95. The fourth-order valence-electron chi connectivity index (χ4n) is 2.69. The first-order valence-corrected chi connectivity index (χ1v) is 7.13.